The Balaban J connectivity index is 1.68. The van der Waals surface area contributed by atoms with Crippen molar-refractivity contribution in [3.8, 4) is 11.5 Å². The molecule has 2 N–H and O–H groups in total. The zero-order chi connectivity index (χ0) is 13.1. The predicted molar refractivity (Wildman–Crippen MR) is 75.7 cm³/mol. The summed E-state index contributed by atoms with van der Waals surface area (Å²) < 4.78 is 5.71. The normalized spacial score (nSPS) is 13.5. The topological polar surface area (TPSA) is 41.5 Å². The van der Waals surface area contributed by atoms with E-state index in [1.165, 1.54) is 23.2 Å². The maximum atomic E-state index is 9.21. The van der Waals surface area contributed by atoms with Gasteiger partial charge in [0.05, 0.1) is 0 Å². The Bertz CT molecular complexity index is 563. The Kier molecular flexibility index (Phi) is 3.27. The first kappa shape index (κ1) is 11.9. The fourth-order valence-corrected chi connectivity index (χ4v) is 2.33. The van der Waals surface area contributed by atoms with Gasteiger partial charge in [-0.3, -0.25) is 0 Å². The van der Waals surface area contributed by atoms with Gasteiger partial charge in [0.15, 0.2) is 0 Å². The van der Waals surface area contributed by atoms with Crippen molar-refractivity contribution < 1.29 is 9.84 Å². The van der Waals surface area contributed by atoms with Gasteiger partial charge >= 0.3 is 0 Å². The SMILES string of the molecule is Oc1ccc(OCc2ccc3c(c2)CCCN3)cc1. The van der Waals surface area contributed by atoms with Crippen LogP contribution in [0.5, 0.6) is 11.5 Å². The molecule has 3 heteroatoms. The lowest BCUT2D eigenvalue weighted by Crippen LogP contribution is -2.12. The molecule has 3 nitrogen and oxygen atoms in total. The number of fused-ring (bicyclic) bond motifs is 1. The Morgan fingerprint density at radius 1 is 1.11 bits per heavy atom. The van der Waals surface area contributed by atoms with Crippen LogP contribution in [0.15, 0.2) is 42.5 Å². The van der Waals surface area contributed by atoms with E-state index in [9.17, 15) is 5.11 Å². The summed E-state index contributed by atoms with van der Waals surface area (Å²) in [6, 6.07) is 13.2. The van der Waals surface area contributed by atoms with Crippen LogP contribution in [-0.2, 0) is 13.0 Å². The molecule has 0 aromatic heterocycles. The lowest BCUT2D eigenvalue weighted by Gasteiger charge is -2.18. The lowest BCUT2D eigenvalue weighted by atomic mass is 10.0. The van der Waals surface area contributed by atoms with Gasteiger partial charge in [-0.1, -0.05) is 12.1 Å². The molecule has 98 valence electrons. The predicted octanol–water partition coefficient (Wildman–Crippen LogP) is 3.33. The molecule has 3 rings (SSSR count). The highest BCUT2D eigenvalue weighted by Crippen LogP contribution is 2.24. The molecule has 19 heavy (non-hydrogen) atoms. The van der Waals surface area contributed by atoms with E-state index < -0.39 is 0 Å². The third kappa shape index (κ3) is 2.81. The van der Waals surface area contributed by atoms with Gasteiger partial charge in [-0.2, -0.15) is 0 Å². The molecule has 0 fully saturated rings. The van der Waals surface area contributed by atoms with Crippen molar-refractivity contribution in [3.63, 3.8) is 0 Å². The molecule has 0 aliphatic carbocycles. The van der Waals surface area contributed by atoms with Gasteiger partial charge < -0.3 is 15.2 Å². The van der Waals surface area contributed by atoms with E-state index >= 15 is 0 Å². The number of hydrogen-bond donors (Lipinski definition) is 2. The molecule has 2 aromatic rings. The number of nitrogens with one attached hydrogen (secondary N) is 1. The maximum absolute atomic E-state index is 9.21. The van der Waals surface area contributed by atoms with Crippen molar-refractivity contribution in [2.24, 2.45) is 0 Å². The van der Waals surface area contributed by atoms with Crippen molar-refractivity contribution in [1.82, 2.24) is 0 Å². The molecule has 0 amide bonds. The fraction of sp³-hybridized carbons (Fsp3) is 0.250. The summed E-state index contributed by atoms with van der Waals surface area (Å²) in [5, 5.41) is 12.6. The number of phenols is 1. The molecule has 0 saturated carbocycles. The van der Waals surface area contributed by atoms with Crippen molar-refractivity contribution in [1.29, 1.82) is 0 Å². The number of anilines is 1. The van der Waals surface area contributed by atoms with E-state index in [-0.39, 0.29) is 5.75 Å². The Morgan fingerprint density at radius 3 is 2.79 bits per heavy atom. The summed E-state index contributed by atoms with van der Waals surface area (Å²) in [5.74, 6) is 1.03. The van der Waals surface area contributed by atoms with E-state index in [0.29, 0.717) is 6.61 Å². The molecule has 0 radical (unpaired) electrons. The average Bonchev–Trinajstić information content (AvgIpc) is 2.46. The van der Waals surface area contributed by atoms with Crippen LogP contribution in [0.2, 0.25) is 0 Å². The minimum atomic E-state index is 0.257. The maximum Gasteiger partial charge on any atom is 0.120 e. The van der Waals surface area contributed by atoms with Crippen LogP contribution in [0.25, 0.3) is 0 Å². The van der Waals surface area contributed by atoms with Crippen molar-refractivity contribution in [3.05, 3.63) is 53.6 Å². The highest BCUT2D eigenvalue weighted by atomic mass is 16.5. The largest absolute Gasteiger partial charge is 0.508 e. The summed E-state index contributed by atoms with van der Waals surface area (Å²) in [4.78, 5) is 0. The van der Waals surface area contributed by atoms with Gasteiger partial charge in [0.2, 0.25) is 0 Å². The van der Waals surface area contributed by atoms with Crippen LogP contribution in [0.1, 0.15) is 17.5 Å². The van der Waals surface area contributed by atoms with E-state index in [4.69, 9.17) is 4.74 Å². The van der Waals surface area contributed by atoms with Crippen LogP contribution < -0.4 is 10.1 Å². The third-order valence-corrected chi connectivity index (χ3v) is 3.35. The van der Waals surface area contributed by atoms with Crippen LogP contribution in [0.3, 0.4) is 0 Å². The minimum Gasteiger partial charge on any atom is -0.508 e. The summed E-state index contributed by atoms with van der Waals surface area (Å²) in [7, 11) is 0. The van der Waals surface area contributed by atoms with Crippen LogP contribution in [0, 0.1) is 0 Å². The van der Waals surface area contributed by atoms with Gasteiger partial charge in [0.25, 0.3) is 0 Å². The highest BCUT2D eigenvalue weighted by Gasteiger charge is 2.08. The standard InChI is InChI=1S/C16H17NO2/c18-14-4-6-15(7-5-14)19-11-12-3-8-16-13(10-12)2-1-9-17-16/h3-8,10,17-18H,1-2,9,11H2. The second kappa shape index (κ2) is 5.22. The van der Waals surface area contributed by atoms with Crippen molar-refractivity contribution in [2.45, 2.75) is 19.4 Å². The molecular formula is C16H17NO2. The van der Waals surface area contributed by atoms with Gasteiger partial charge in [-0.25, -0.2) is 0 Å². The monoisotopic (exact) mass is 255 g/mol. The number of hydrogen-bond acceptors (Lipinski definition) is 3. The second-order valence-corrected chi connectivity index (χ2v) is 4.80. The molecule has 2 aromatic carbocycles. The minimum absolute atomic E-state index is 0.257. The first-order valence-corrected chi connectivity index (χ1v) is 6.59. The van der Waals surface area contributed by atoms with Gasteiger partial charge in [-0.05, 0) is 54.3 Å². The molecule has 1 heterocycles. The number of benzene rings is 2. The van der Waals surface area contributed by atoms with Gasteiger partial charge in [0, 0.05) is 12.2 Å². The Hall–Kier alpha value is -2.16. The Labute approximate surface area is 112 Å². The van der Waals surface area contributed by atoms with E-state index in [1.54, 1.807) is 24.3 Å². The van der Waals surface area contributed by atoms with Crippen molar-refractivity contribution >= 4 is 5.69 Å². The average molecular weight is 255 g/mol. The Morgan fingerprint density at radius 2 is 1.95 bits per heavy atom. The zero-order valence-electron chi connectivity index (χ0n) is 10.7. The van der Waals surface area contributed by atoms with E-state index in [1.807, 2.05) is 0 Å². The number of rotatable bonds is 3. The molecular weight excluding hydrogens is 238 g/mol. The lowest BCUT2D eigenvalue weighted by molar-refractivity contribution is 0.305. The first-order valence-electron chi connectivity index (χ1n) is 6.59. The van der Waals surface area contributed by atoms with Gasteiger partial charge in [0.1, 0.15) is 18.1 Å². The highest BCUT2D eigenvalue weighted by molar-refractivity contribution is 5.54. The fourth-order valence-electron chi connectivity index (χ4n) is 2.33. The smallest absolute Gasteiger partial charge is 0.120 e. The van der Waals surface area contributed by atoms with Crippen molar-refractivity contribution in [2.75, 3.05) is 11.9 Å². The van der Waals surface area contributed by atoms with E-state index in [2.05, 4.69) is 23.5 Å². The zero-order valence-corrected chi connectivity index (χ0v) is 10.7. The molecule has 0 saturated heterocycles. The molecule has 1 aliphatic heterocycles. The summed E-state index contributed by atoms with van der Waals surface area (Å²) in [5.41, 5.74) is 3.80. The quantitative estimate of drug-likeness (QED) is 0.884. The number of phenolic OH excluding ortho intramolecular Hbond substituents is 1. The molecule has 0 atom stereocenters. The number of ether oxygens (including phenoxy) is 1. The molecule has 0 unspecified atom stereocenters. The van der Waals surface area contributed by atoms with Crippen LogP contribution in [0.4, 0.5) is 5.69 Å². The summed E-state index contributed by atoms with van der Waals surface area (Å²) in [6.07, 6.45) is 2.32. The molecule has 0 bridgehead atoms. The molecule has 1 aliphatic rings. The summed E-state index contributed by atoms with van der Waals surface area (Å²) >= 11 is 0. The van der Waals surface area contributed by atoms with Crippen LogP contribution >= 0.6 is 0 Å². The third-order valence-electron chi connectivity index (χ3n) is 3.35. The van der Waals surface area contributed by atoms with Crippen LogP contribution in [-0.4, -0.2) is 11.7 Å². The number of aryl methyl sites for hydroxylation is 1. The van der Waals surface area contributed by atoms with E-state index in [0.717, 1.165) is 18.7 Å². The molecule has 0 spiro atoms. The summed E-state index contributed by atoms with van der Waals surface area (Å²) in [6.45, 7) is 1.62. The first-order chi connectivity index (χ1) is 9.31. The number of aromatic hydroxyl groups is 1. The second-order valence-electron chi connectivity index (χ2n) is 4.80. The van der Waals surface area contributed by atoms with Gasteiger partial charge in [-0.15, -0.1) is 0 Å².